The molecule has 0 spiro atoms. The van der Waals surface area contributed by atoms with Crippen LogP contribution in [0.2, 0.25) is 0 Å². The highest BCUT2D eigenvalue weighted by Crippen LogP contribution is 2.32. The zero-order valence-corrected chi connectivity index (χ0v) is 10.4. The van der Waals surface area contributed by atoms with Gasteiger partial charge < -0.3 is 9.29 Å². The maximum atomic E-state index is 10.3. The van der Waals surface area contributed by atoms with Crippen LogP contribution < -0.4 is 0 Å². The molecule has 1 N–H and O–H groups in total. The van der Waals surface area contributed by atoms with Crippen molar-refractivity contribution in [2.24, 2.45) is 0 Å². The quantitative estimate of drug-likeness (QED) is 0.840. The summed E-state index contributed by atoms with van der Waals surface area (Å²) in [5.74, 6) is 0. The number of fused-ring (bicyclic) bond motifs is 1. The van der Waals surface area contributed by atoms with Gasteiger partial charge >= 0.3 is 6.16 Å². The van der Waals surface area contributed by atoms with Gasteiger partial charge in [-0.2, -0.15) is 0 Å². The van der Waals surface area contributed by atoms with Gasteiger partial charge in [0.25, 0.3) is 0 Å². The Hall–Kier alpha value is -1.20. The molecule has 2 aromatic rings. The zero-order valence-electron chi connectivity index (χ0n) is 8.01. The van der Waals surface area contributed by atoms with Crippen molar-refractivity contribution in [2.75, 3.05) is 0 Å². The smallest absolute Gasteiger partial charge is 0.449 e. The van der Waals surface area contributed by atoms with E-state index in [0.717, 1.165) is 32.2 Å². The van der Waals surface area contributed by atoms with Crippen LogP contribution in [0.25, 0.3) is 10.8 Å². The van der Waals surface area contributed by atoms with E-state index in [-0.39, 0.29) is 0 Å². The van der Waals surface area contributed by atoms with Gasteiger partial charge in [0.1, 0.15) is 12.0 Å². The highest BCUT2D eigenvalue weighted by molar-refractivity contribution is 9.10. The van der Waals surface area contributed by atoms with E-state index in [9.17, 15) is 4.79 Å². The molecule has 0 amide bonds. The maximum Gasteiger partial charge on any atom is 0.518 e. The second-order valence-corrected chi connectivity index (χ2v) is 4.65. The largest absolute Gasteiger partial charge is 0.518 e. The molecular weight excluding hydrogens is 292 g/mol. The van der Waals surface area contributed by atoms with Gasteiger partial charge in [0.15, 0.2) is 0 Å². The molecule has 0 radical (unpaired) electrons. The molecule has 2 aromatic carbocycles. The number of benzene rings is 2. The Bertz CT molecular complexity index is 542. The molecule has 82 valence electrons. The molecular formula is C11H7BrO3S. The molecule has 0 bridgehead atoms. The Balaban J connectivity index is 2.45. The fraction of sp³-hybridized carbons (Fsp3) is 0. The third-order valence-corrected chi connectivity index (χ3v) is 3.48. The van der Waals surface area contributed by atoms with Gasteiger partial charge in [-0.1, -0.05) is 40.2 Å². The second-order valence-electron chi connectivity index (χ2n) is 3.02. The van der Waals surface area contributed by atoms with E-state index < -0.39 is 6.16 Å². The summed E-state index contributed by atoms with van der Waals surface area (Å²) in [6.45, 7) is 0. The van der Waals surface area contributed by atoms with E-state index in [1.165, 1.54) is 0 Å². The zero-order chi connectivity index (χ0) is 11.5. The molecule has 0 atom stereocenters. The molecule has 0 saturated carbocycles. The summed E-state index contributed by atoms with van der Waals surface area (Å²) in [5, 5.41) is 10.4. The first kappa shape index (κ1) is 11.3. The third-order valence-electron chi connectivity index (χ3n) is 2.03. The summed E-state index contributed by atoms with van der Waals surface area (Å²) < 4.78 is 5.47. The summed E-state index contributed by atoms with van der Waals surface area (Å²) in [5.41, 5.74) is 0. The molecule has 3 nitrogen and oxygen atoms in total. The number of halogens is 1. The minimum atomic E-state index is -1.29. The monoisotopic (exact) mass is 298 g/mol. The molecule has 0 fully saturated rings. The van der Waals surface area contributed by atoms with Crippen LogP contribution in [0.3, 0.4) is 0 Å². The predicted molar refractivity (Wildman–Crippen MR) is 66.6 cm³/mol. The highest BCUT2D eigenvalue weighted by atomic mass is 79.9. The lowest BCUT2D eigenvalue weighted by molar-refractivity contribution is 0.153. The number of carbonyl (C=O) groups is 1. The number of hydrogen-bond acceptors (Lipinski definition) is 3. The molecule has 0 aliphatic rings. The van der Waals surface area contributed by atoms with Crippen molar-refractivity contribution in [1.29, 1.82) is 0 Å². The van der Waals surface area contributed by atoms with Gasteiger partial charge in [0, 0.05) is 4.47 Å². The Labute approximate surface area is 105 Å². The standard InChI is InChI=1S/C11H7BrO3S/c12-9-5-1-4-8-7(9)3-2-6-10(8)16-15-11(13)14/h1-6H,(H,13,14). The van der Waals surface area contributed by atoms with E-state index in [1.54, 1.807) is 0 Å². The lowest BCUT2D eigenvalue weighted by Crippen LogP contribution is -1.91. The van der Waals surface area contributed by atoms with Crippen molar-refractivity contribution >= 4 is 44.9 Å². The van der Waals surface area contributed by atoms with Crippen LogP contribution in [-0.4, -0.2) is 11.3 Å². The van der Waals surface area contributed by atoms with Crippen molar-refractivity contribution in [3.63, 3.8) is 0 Å². The van der Waals surface area contributed by atoms with Crippen LogP contribution in [-0.2, 0) is 4.18 Å². The van der Waals surface area contributed by atoms with Crippen LogP contribution in [0, 0.1) is 0 Å². The van der Waals surface area contributed by atoms with Crippen molar-refractivity contribution in [3.05, 3.63) is 40.9 Å². The Kier molecular flexibility index (Phi) is 3.36. The van der Waals surface area contributed by atoms with Gasteiger partial charge in [0.2, 0.25) is 0 Å². The number of hydrogen-bond donors (Lipinski definition) is 1. The normalized spacial score (nSPS) is 10.3. The third kappa shape index (κ3) is 2.31. The second kappa shape index (κ2) is 4.76. The van der Waals surface area contributed by atoms with Gasteiger partial charge in [-0.15, -0.1) is 0 Å². The lowest BCUT2D eigenvalue weighted by atomic mass is 10.1. The lowest BCUT2D eigenvalue weighted by Gasteiger charge is -2.05. The first-order valence-corrected chi connectivity index (χ1v) is 5.96. The van der Waals surface area contributed by atoms with E-state index in [2.05, 4.69) is 20.1 Å². The van der Waals surface area contributed by atoms with Crippen LogP contribution in [0.5, 0.6) is 0 Å². The van der Waals surface area contributed by atoms with E-state index in [0.29, 0.717) is 0 Å². The summed E-state index contributed by atoms with van der Waals surface area (Å²) in [6, 6.07) is 11.4. The van der Waals surface area contributed by atoms with E-state index >= 15 is 0 Å². The van der Waals surface area contributed by atoms with Crippen LogP contribution in [0.4, 0.5) is 4.79 Å². The minimum absolute atomic E-state index is 0.779. The SMILES string of the molecule is O=C(O)OSc1cccc2c(Br)cccc12. The Morgan fingerprint density at radius 3 is 2.62 bits per heavy atom. The van der Waals surface area contributed by atoms with Crippen LogP contribution in [0.1, 0.15) is 0 Å². The molecule has 0 aliphatic heterocycles. The Morgan fingerprint density at radius 2 is 1.88 bits per heavy atom. The molecule has 0 unspecified atom stereocenters. The van der Waals surface area contributed by atoms with Crippen molar-refractivity contribution < 1.29 is 14.1 Å². The summed E-state index contributed by atoms with van der Waals surface area (Å²) in [6.07, 6.45) is -1.29. The average Bonchev–Trinajstić information content (AvgIpc) is 2.27. The molecule has 0 aromatic heterocycles. The topological polar surface area (TPSA) is 46.5 Å². The van der Waals surface area contributed by atoms with Crippen LogP contribution >= 0.6 is 28.0 Å². The molecule has 5 heteroatoms. The minimum Gasteiger partial charge on any atom is -0.449 e. The van der Waals surface area contributed by atoms with E-state index in [4.69, 9.17) is 5.11 Å². The average molecular weight is 299 g/mol. The summed E-state index contributed by atoms with van der Waals surface area (Å²) in [7, 11) is 0. The van der Waals surface area contributed by atoms with Crippen molar-refractivity contribution in [2.45, 2.75) is 4.90 Å². The summed E-state index contributed by atoms with van der Waals surface area (Å²) >= 11 is 4.29. The Morgan fingerprint density at radius 1 is 1.19 bits per heavy atom. The molecule has 2 rings (SSSR count). The van der Waals surface area contributed by atoms with Gasteiger partial charge in [-0.3, -0.25) is 0 Å². The first-order valence-electron chi connectivity index (χ1n) is 4.43. The number of carboxylic acid groups (broad SMARTS) is 1. The van der Waals surface area contributed by atoms with Gasteiger partial charge in [-0.25, -0.2) is 4.79 Å². The van der Waals surface area contributed by atoms with Gasteiger partial charge in [-0.05, 0) is 22.9 Å². The molecule has 16 heavy (non-hydrogen) atoms. The predicted octanol–water partition coefficient (Wildman–Crippen LogP) is 4.30. The fourth-order valence-corrected chi connectivity index (χ4v) is 2.46. The van der Waals surface area contributed by atoms with Crippen molar-refractivity contribution in [1.82, 2.24) is 0 Å². The number of rotatable bonds is 2. The fourth-order valence-electron chi connectivity index (χ4n) is 1.40. The van der Waals surface area contributed by atoms with E-state index in [1.807, 2.05) is 36.4 Å². The molecule has 0 heterocycles. The molecule has 0 saturated heterocycles. The first-order chi connectivity index (χ1) is 7.68. The molecule has 0 aliphatic carbocycles. The summed E-state index contributed by atoms with van der Waals surface area (Å²) in [4.78, 5) is 11.1. The highest BCUT2D eigenvalue weighted by Gasteiger charge is 2.06. The van der Waals surface area contributed by atoms with Crippen molar-refractivity contribution in [3.8, 4) is 0 Å². The maximum absolute atomic E-state index is 10.3. The van der Waals surface area contributed by atoms with Gasteiger partial charge in [0.05, 0.1) is 4.90 Å². The van der Waals surface area contributed by atoms with Crippen LogP contribution in [0.15, 0.2) is 45.8 Å².